The average Bonchev–Trinajstić information content (AvgIpc) is 2.81. The van der Waals surface area contributed by atoms with Gasteiger partial charge < -0.3 is 14.5 Å². The lowest BCUT2D eigenvalue weighted by atomic mass is 10.1. The van der Waals surface area contributed by atoms with Crippen LogP contribution in [0.3, 0.4) is 0 Å². The molecule has 1 saturated heterocycles. The molecule has 0 spiro atoms. The molecule has 3 heterocycles. The van der Waals surface area contributed by atoms with Gasteiger partial charge in [-0.05, 0) is 37.6 Å². The fraction of sp³-hybridized carbons (Fsp3) is 0.318. The van der Waals surface area contributed by atoms with Gasteiger partial charge in [-0.25, -0.2) is 19.3 Å². The highest BCUT2D eigenvalue weighted by atomic mass is 19.1. The molecule has 1 aromatic carbocycles. The van der Waals surface area contributed by atoms with Crippen LogP contribution in [0.15, 0.2) is 54.2 Å². The SMILES string of the molecule is CC(=NOc1ncnc(OC2CCN(c3ncccn3)CC2)c1C)c1ccc(F)cc1. The normalized spacial score (nSPS) is 15.1. The van der Waals surface area contributed by atoms with Crippen LogP contribution in [-0.4, -0.2) is 44.8 Å². The standard InChI is InChI=1S/C22H23FN6O2/c1-15-20(30-19-8-12-29(13-9-19)22-24-10-3-11-25-22)26-14-27-21(15)31-28-16(2)17-4-6-18(23)7-5-17/h3-7,10-11,14,19H,8-9,12-13H2,1-2H3. The molecule has 2 aromatic heterocycles. The molecule has 0 unspecified atom stereocenters. The maximum absolute atomic E-state index is 13.1. The van der Waals surface area contributed by atoms with Crippen molar-refractivity contribution in [1.82, 2.24) is 19.9 Å². The van der Waals surface area contributed by atoms with Gasteiger partial charge in [-0.2, -0.15) is 4.98 Å². The van der Waals surface area contributed by atoms with Gasteiger partial charge in [0.15, 0.2) is 0 Å². The first-order chi connectivity index (χ1) is 15.1. The van der Waals surface area contributed by atoms with Gasteiger partial charge >= 0.3 is 0 Å². The lowest BCUT2D eigenvalue weighted by Crippen LogP contribution is -2.39. The number of nitrogens with zero attached hydrogens (tertiary/aromatic N) is 6. The average molecular weight is 422 g/mol. The third-order valence-corrected chi connectivity index (χ3v) is 5.08. The van der Waals surface area contributed by atoms with E-state index in [0.717, 1.165) is 37.4 Å². The summed E-state index contributed by atoms with van der Waals surface area (Å²) in [4.78, 5) is 24.7. The molecule has 0 radical (unpaired) electrons. The summed E-state index contributed by atoms with van der Waals surface area (Å²) >= 11 is 0. The van der Waals surface area contributed by atoms with E-state index in [1.807, 2.05) is 13.0 Å². The Kier molecular flexibility index (Phi) is 6.30. The van der Waals surface area contributed by atoms with Gasteiger partial charge in [0.05, 0.1) is 11.3 Å². The summed E-state index contributed by atoms with van der Waals surface area (Å²) in [5.41, 5.74) is 2.04. The Labute approximate surface area is 179 Å². The molecule has 160 valence electrons. The maximum Gasteiger partial charge on any atom is 0.258 e. The van der Waals surface area contributed by atoms with Crippen LogP contribution in [0.25, 0.3) is 0 Å². The number of hydrogen-bond donors (Lipinski definition) is 0. The highest BCUT2D eigenvalue weighted by molar-refractivity contribution is 5.98. The summed E-state index contributed by atoms with van der Waals surface area (Å²) in [6.45, 7) is 5.23. The number of hydrogen-bond acceptors (Lipinski definition) is 8. The van der Waals surface area contributed by atoms with Crippen molar-refractivity contribution in [2.45, 2.75) is 32.8 Å². The summed E-state index contributed by atoms with van der Waals surface area (Å²) in [5, 5.41) is 4.11. The van der Waals surface area contributed by atoms with Gasteiger partial charge in [0.1, 0.15) is 18.2 Å². The zero-order chi connectivity index (χ0) is 21.6. The molecule has 0 bridgehead atoms. The monoisotopic (exact) mass is 422 g/mol. The molecule has 0 aliphatic carbocycles. The Morgan fingerprint density at radius 3 is 2.42 bits per heavy atom. The predicted octanol–water partition coefficient (Wildman–Crippen LogP) is 3.56. The van der Waals surface area contributed by atoms with Crippen LogP contribution in [0.4, 0.5) is 10.3 Å². The first kappa shape index (κ1) is 20.6. The molecular formula is C22H23FN6O2. The Balaban J connectivity index is 1.38. The van der Waals surface area contributed by atoms with Crippen LogP contribution in [0.1, 0.15) is 30.9 Å². The van der Waals surface area contributed by atoms with Gasteiger partial charge in [0.25, 0.3) is 5.88 Å². The van der Waals surface area contributed by atoms with Crippen LogP contribution < -0.4 is 14.5 Å². The van der Waals surface area contributed by atoms with Crippen molar-refractivity contribution in [3.63, 3.8) is 0 Å². The first-order valence-corrected chi connectivity index (χ1v) is 10.1. The van der Waals surface area contributed by atoms with Crippen molar-refractivity contribution in [2.75, 3.05) is 18.0 Å². The molecule has 3 aromatic rings. The molecule has 8 nitrogen and oxygen atoms in total. The number of piperidine rings is 1. The van der Waals surface area contributed by atoms with E-state index in [2.05, 4.69) is 30.0 Å². The first-order valence-electron chi connectivity index (χ1n) is 10.1. The van der Waals surface area contributed by atoms with Crippen molar-refractivity contribution in [1.29, 1.82) is 0 Å². The summed E-state index contributed by atoms with van der Waals surface area (Å²) in [5.74, 6) is 1.24. The summed E-state index contributed by atoms with van der Waals surface area (Å²) < 4.78 is 19.2. The fourth-order valence-corrected chi connectivity index (χ4v) is 3.27. The molecule has 0 atom stereocenters. The highest BCUT2D eigenvalue weighted by Crippen LogP contribution is 2.26. The van der Waals surface area contributed by atoms with Gasteiger partial charge in [-0.15, -0.1) is 0 Å². The number of halogens is 1. The Bertz CT molecular complexity index is 1040. The van der Waals surface area contributed by atoms with Crippen LogP contribution >= 0.6 is 0 Å². The zero-order valence-corrected chi connectivity index (χ0v) is 17.4. The van der Waals surface area contributed by atoms with E-state index in [-0.39, 0.29) is 11.9 Å². The lowest BCUT2D eigenvalue weighted by molar-refractivity contribution is 0.160. The van der Waals surface area contributed by atoms with Gasteiger partial charge in [-0.3, -0.25) is 0 Å². The molecule has 4 rings (SSSR count). The molecule has 1 aliphatic heterocycles. The van der Waals surface area contributed by atoms with Crippen LogP contribution in [-0.2, 0) is 0 Å². The van der Waals surface area contributed by atoms with Gasteiger partial charge in [0.2, 0.25) is 11.8 Å². The maximum atomic E-state index is 13.1. The minimum absolute atomic E-state index is 0.0332. The quantitative estimate of drug-likeness (QED) is 0.443. The minimum Gasteiger partial charge on any atom is -0.474 e. The molecule has 31 heavy (non-hydrogen) atoms. The molecule has 0 amide bonds. The van der Waals surface area contributed by atoms with E-state index < -0.39 is 0 Å². The van der Waals surface area contributed by atoms with Crippen LogP contribution in [0.5, 0.6) is 11.8 Å². The number of oxime groups is 1. The number of ether oxygens (including phenoxy) is 1. The third kappa shape index (κ3) is 5.11. The van der Waals surface area contributed by atoms with Gasteiger partial charge in [-0.1, -0.05) is 17.3 Å². The van der Waals surface area contributed by atoms with Crippen molar-refractivity contribution < 1.29 is 14.0 Å². The summed E-state index contributed by atoms with van der Waals surface area (Å²) in [6, 6.07) is 7.86. The van der Waals surface area contributed by atoms with E-state index in [4.69, 9.17) is 9.57 Å². The van der Waals surface area contributed by atoms with Crippen molar-refractivity contribution in [3.05, 3.63) is 66.0 Å². The van der Waals surface area contributed by atoms with E-state index in [1.54, 1.807) is 31.5 Å². The van der Waals surface area contributed by atoms with E-state index in [0.29, 0.717) is 23.0 Å². The second-order valence-electron chi connectivity index (χ2n) is 7.24. The topological polar surface area (TPSA) is 85.6 Å². The zero-order valence-electron chi connectivity index (χ0n) is 17.4. The highest BCUT2D eigenvalue weighted by Gasteiger charge is 2.23. The Morgan fingerprint density at radius 1 is 1.03 bits per heavy atom. The molecule has 1 aliphatic rings. The number of anilines is 1. The van der Waals surface area contributed by atoms with Gasteiger partial charge in [0, 0.05) is 38.3 Å². The second-order valence-corrected chi connectivity index (χ2v) is 7.24. The Morgan fingerprint density at radius 2 is 1.71 bits per heavy atom. The Hall–Kier alpha value is -3.62. The molecule has 1 fully saturated rings. The van der Waals surface area contributed by atoms with E-state index in [9.17, 15) is 4.39 Å². The van der Waals surface area contributed by atoms with E-state index in [1.165, 1.54) is 18.5 Å². The van der Waals surface area contributed by atoms with Crippen LogP contribution in [0.2, 0.25) is 0 Å². The smallest absolute Gasteiger partial charge is 0.258 e. The number of rotatable bonds is 6. The summed E-state index contributed by atoms with van der Waals surface area (Å²) in [7, 11) is 0. The summed E-state index contributed by atoms with van der Waals surface area (Å²) in [6.07, 6.45) is 6.59. The second kappa shape index (κ2) is 9.46. The molecule has 9 heteroatoms. The lowest BCUT2D eigenvalue weighted by Gasteiger charge is -2.32. The van der Waals surface area contributed by atoms with E-state index >= 15 is 0 Å². The fourth-order valence-electron chi connectivity index (χ4n) is 3.27. The number of aromatic nitrogens is 4. The minimum atomic E-state index is -0.298. The van der Waals surface area contributed by atoms with Crippen LogP contribution in [0, 0.1) is 12.7 Å². The number of benzene rings is 1. The molecular weight excluding hydrogens is 399 g/mol. The molecule has 0 saturated carbocycles. The molecule has 0 N–H and O–H groups in total. The van der Waals surface area contributed by atoms with Crippen molar-refractivity contribution >= 4 is 11.7 Å². The predicted molar refractivity (Wildman–Crippen MR) is 114 cm³/mol. The van der Waals surface area contributed by atoms with Crippen molar-refractivity contribution in [3.8, 4) is 11.8 Å². The van der Waals surface area contributed by atoms with Crippen molar-refractivity contribution in [2.24, 2.45) is 5.16 Å². The third-order valence-electron chi connectivity index (χ3n) is 5.08. The largest absolute Gasteiger partial charge is 0.474 e.